The van der Waals surface area contributed by atoms with Gasteiger partial charge in [0.25, 0.3) is 0 Å². The fourth-order valence-corrected chi connectivity index (χ4v) is 2.66. The third kappa shape index (κ3) is 5.55. The maximum atomic E-state index is 5.69. The summed E-state index contributed by atoms with van der Waals surface area (Å²) in [7, 11) is 0. The van der Waals surface area contributed by atoms with Crippen molar-refractivity contribution >= 4 is 12.6 Å². The minimum Gasteiger partial charge on any atom is -0.377 e. The van der Waals surface area contributed by atoms with Gasteiger partial charge in [0, 0.05) is 13.2 Å². The van der Waals surface area contributed by atoms with Gasteiger partial charge in [-0.05, 0) is 50.4 Å². The van der Waals surface area contributed by atoms with Crippen molar-refractivity contribution in [3.05, 3.63) is 0 Å². The Bertz CT molecular complexity index is 171. The Kier molecular flexibility index (Phi) is 7.50. The summed E-state index contributed by atoms with van der Waals surface area (Å²) in [6.07, 6.45) is 5.53. The summed E-state index contributed by atoms with van der Waals surface area (Å²) >= 11 is 4.29. The molecule has 96 valence electrons. The molecular weight excluding hydrogens is 218 g/mol. The second-order valence-electron chi connectivity index (χ2n) is 4.93. The van der Waals surface area contributed by atoms with Crippen LogP contribution in [0.4, 0.5) is 0 Å². The number of thiol groups is 1. The number of likely N-dealkylation sites (N-methyl/N-ethyl adjacent to an activating group) is 1. The van der Waals surface area contributed by atoms with E-state index in [2.05, 4.69) is 31.4 Å². The highest BCUT2D eigenvalue weighted by Gasteiger charge is 2.18. The van der Waals surface area contributed by atoms with Crippen LogP contribution < -0.4 is 0 Å². The third-order valence-electron chi connectivity index (χ3n) is 3.49. The second kappa shape index (κ2) is 8.37. The lowest BCUT2D eigenvalue weighted by atomic mass is 10.0. The molecule has 2 atom stereocenters. The van der Waals surface area contributed by atoms with Crippen LogP contribution in [-0.2, 0) is 4.74 Å². The van der Waals surface area contributed by atoms with E-state index in [1.54, 1.807) is 0 Å². The van der Waals surface area contributed by atoms with E-state index in [4.69, 9.17) is 4.74 Å². The van der Waals surface area contributed by atoms with Crippen LogP contribution in [0.5, 0.6) is 0 Å². The van der Waals surface area contributed by atoms with Crippen molar-refractivity contribution in [3.63, 3.8) is 0 Å². The molecule has 1 saturated heterocycles. The molecule has 1 heterocycles. The van der Waals surface area contributed by atoms with Gasteiger partial charge in [0.1, 0.15) is 0 Å². The Hall–Kier alpha value is 0.270. The molecule has 0 spiro atoms. The molecule has 1 aliphatic rings. The first-order chi connectivity index (χ1) is 7.76. The molecule has 0 aliphatic carbocycles. The normalized spacial score (nSPS) is 22.9. The first kappa shape index (κ1) is 14.3. The fraction of sp³-hybridized carbons (Fsp3) is 1.00. The van der Waals surface area contributed by atoms with Gasteiger partial charge in [-0.15, -0.1) is 0 Å². The summed E-state index contributed by atoms with van der Waals surface area (Å²) in [4.78, 5) is 2.53. The van der Waals surface area contributed by atoms with Gasteiger partial charge in [-0.3, -0.25) is 0 Å². The lowest BCUT2D eigenvalue weighted by molar-refractivity contribution is 0.0731. The molecule has 1 fully saturated rings. The molecule has 0 radical (unpaired) electrons. The van der Waals surface area contributed by atoms with Gasteiger partial charge < -0.3 is 9.64 Å². The van der Waals surface area contributed by atoms with E-state index in [1.165, 1.54) is 32.2 Å². The molecule has 0 saturated carbocycles. The highest BCUT2D eigenvalue weighted by Crippen LogP contribution is 2.15. The van der Waals surface area contributed by atoms with Crippen molar-refractivity contribution in [2.24, 2.45) is 5.92 Å². The molecule has 0 aromatic carbocycles. The zero-order valence-corrected chi connectivity index (χ0v) is 11.7. The van der Waals surface area contributed by atoms with Crippen molar-refractivity contribution in [1.82, 2.24) is 4.90 Å². The van der Waals surface area contributed by atoms with Gasteiger partial charge >= 0.3 is 0 Å². The molecule has 0 amide bonds. The van der Waals surface area contributed by atoms with Crippen LogP contribution >= 0.6 is 12.6 Å². The zero-order valence-electron chi connectivity index (χ0n) is 10.8. The van der Waals surface area contributed by atoms with E-state index in [0.29, 0.717) is 6.10 Å². The quantitative estimate of drug-likeness (QED) is 0.660. The van der Waals surface area contributed by atoms with E-state index in [1.807, 2.05) is 0 Å². The maximum absolute atomic E-state index is 5.69. The lowest BCUT2D eigenvalue weighted by Gasteiger charge is -2.24. The maximum Gasteiger partial charge on any atom is 0.0702 e. The highest BCUT2D eigenvalue weighted by molar-refractivity contribution is 7.80. The van der Waals surface area contributed by atoms with E-state index in [-0.39, 0.29) is 0 Å². The zero-order chi connectivity index (χ0) is 11.8. The van der Waals surface area contributed by atoms with E-state index in [9.17, 15) is 0 Å². The molecule has 16 heavy (non-hydrogen) atoms. The molecule has 0 aromatic rings. The van der Waals surface area contributed by atoms with Gasteiger partial charge in [-0.1, -0.05) is 13.8 Å². The summed E-state index contributed by atoms with van der Waals surface area (Å²) in [6.45, 7) is 9.04. The Morgan fingerprint density at radius 2 is 2.25 bits per heavy atom. The number of nitrogens with zero attached hydrogens (tertiary/aromatic N) is 1. The van der Waals surface area contributed by atoms with Crippen molar-refractivity contribution in [2.45, 2.75) is 45.6 Å². The molecule has 0 N–H and O–H groups in total. The Morgan fingerprint density at radius 3 is 2.81 bits per heavy atom. The standard InChI is InChI=1S/C13H27NOS/c1-3-14(8-6-12(2)7-10-16)11-13-5-4-9-15-13/h12-13,16H,3-11H2,1-2H3. The fourth-order valence-electron chi connectivity index (χ4n) is 2.22. The van der Waals surface area contributed by atoms with Crippen LogP contribution in [0.15, 0.2) is 0 Å². The minimum absolute atomic E-state index is 0.500. The molecular formula is C13H27NOS. The minimum atomic E-state index is 0.500. The SMILES string of the molecule is CCN(CCC(C)CCS)CC1CCCO1. The third-order valence-corrected chi connectivity index (χ3v) is 3.75. The molecule has 0 bridgehead atoms. The van der Waals surface area contributed by atoms with Gasteiger partial charge in [-0.25, -0.2) is 0 Å². The van der Waals surface area contributed by atoms with Crippen LogP contribution in [-0.4, -0.2) is 43.0 Å². The average Bonchev–Trinajstić information content (AvgIpc) is 2.77. The van der Waals surface area contributed by atoms with Crippen LogP contribution in [0.3, 0.4) is 0 Å². The van der Waals surface area contributed by atoms with Crippen molar-refractivity contribution in [2.75, 3.05) is 32.0 Å². The van der Waals surface area contributed by atoms with E-state index >= 15 is 0 Å². The van der Waals surface area contributed by atoms with Crippen LogP contribution in [0.2, 0.25) is 0 Å². The number of rotatable bonds is 8. The number of hydrogen-bond acceptors (Lipinski definition) is 3. The van der Waals surface area contributed by atoms with Crippen LogP contribution in [0, 0.1) is 5.92 Å². The van der Waals surface area contributed by atoms with Crippen LogP contribution in [0.1, 0.15) is 39.5 Å². The van der Waals surface area contributed by atoms with Crippen LogP contribution in [0.25, 0.3) is 0 Å². The van der Waals surface area contributed by atoms with Gasteiger partial charge in [0.05, 0.1) is 6.10 Å². The summed E-state index contributed by atoms with van der Waals surface area (Å²) in [5.41, 5.74) is 0. The molecule has 2 unspecified atom stereocenters. The van der Waals surface area contributed by atoms with Crippen molar-refractivity contribution < 1.29 is 4.74 Å². The summed E-state index contributed by atoms with van der Waals surface area (Å²) in [5, 5.41) is 0. The van der Waals surface area contributed by atoms with Crippen molar-refractivity contribution in [3.8, 4) is 0 Å². The molecule has 1 rings (SSSR count). The molecule has 3 heteroatoms. The lowest BCUT2D eigenvalue weighted by Crippen LogP contribution is -2.33. The molecule has 1 aliphatic heterocycles. The topological polar surface area (TPSA) is 12.5 Å². The van der Waals surface area contributed by atoms with Gasteiger partial charge in [-0.2, -0.15) is 12.6 Å². The van der Waals surface area contributed by atoms with E-state index in [0.717, 1.165) is 31.4 Å². The van der Waals surface area contributed by atoms with Crippen molar-refractivity contribution in [1.29, 1.82) is 0 Å². The Morgan fingerprint density at radius 1 is 1.44 bits per heavy atom. The smallest absolute Gasteiger partial charge is 0.0702 e. The predicted molar refractivity (Wildman–Crippen MR) is 73.3 cm³/mol. The summed E-state index contributed by atoms with van der Waals surface area (Å²) in [5.74, 6) is 1.81. The Balaban J connectivity index is 2.15. The highest BCUT2D eigenvalue weighted by atomic mass is 32.1. The average molecular weight is 245 g/mol. The largest absolute Gasteiger partial charge is 0.377 e. The Labute approximate surface area is 106 Å². The summed E-state index contributed by atoms with van der Waals surface area (Å²) < 4.78 is 5.69. The first-order valence-electron chi connectivity index (χ1n) is 6.71. The van der Waals surface area contributed by atoms with Gasteiger partial charge in [0.2, 0.25) is 0 Å². The second-order valence-corrected chi connectivity index (χ2v) is 5.38. The molecule has 0 aromatic heterocycles. The van der Waals surface area contributed by atoms with Gasteiger partial charge in [0.15, 0.2) is 0 Å². The molecule has 2 nitrogen and oxygen atoms in total. The van der Waals surface area contributed by atoms with E-state index < -0.39 is 0 Å². The monoisotopic (exact) mass is 245 g/mol. The summed E-state index contributed by atoms with van der Waals surface area (Å²) in [6, 6.07) is 0. The number of hydrogen-bond donors (Lipinski definition) is 1. The first-order valence-corrected chi connectivity index (χ1v) is 7.34. The predicted octanol–water partition coefficient (Wildman–Crippen LogP) is 2.83. The number of ether oxygens (including phenoxy) is 1.